The van der Waals surface area contributed by atoms with Gasteiger partial charge in [-0.05, 0) is 76.2 Å². The van der Waals surface area contributed by atoms with Gasteiger partial charge >= 0.3 is 6.03 Å². The summed E-state index contributed by atoms with van der Waals surface area (Å²) in [5.74, 6) is 2.02. The van der Waals surface area contributed by atoms with Crippen molar-refractivity contribution in [3.63, 3.8) is 0 Å². The number of aliphatic hydroxyl groups excluding tert-OH is 1. The van der Waals surface area contributed by atoms with Gasteiger partial charge in [0.1, 0.15) is 0 Å². The van der Waals surface area contributed by atoms with Gasteiger partial charge in [-0.25, -0.2) is 4.79 Å². The average molecular weight is 350 g/mol. The van der Waals surface area contributed by atoms with E-state index in [1.165, 1.54) is 57.9 Å². The molecule has 0 radical (unpaired) electrons. The molecule has 0 aromatic rings. The molecule has 5 nitrogen and oxygen atoms in total. The minimum Gasteiger partial charge on any atom is -0.396 e. The second-order valence-electron chi connectivity index (χ2n) is 9.09. The van der Waals surface area contributed by atoms with Gasteiger partial charge in [-0.1, -0.05) is 6.42 Å². The molecule has 2 bridgehead atoms. The van der Waals surface area contributed by atoms with Crippen LogP contribution in [0.3, 0.4) is 0 Å². The van der Waals surface area contributed by atoms with Crippen molar-refractivity contribution in [3.8, 4) is 0 Å². The summed E-state index contributed by atoms with van der Waals surface area (Å²) >= 11 is 0. The molecule has 1 saturated heterocycles. The molecule has 4 rings (SSSR count). The maximum absolute atomic E-state index is 12.6. The zero-order valence-corrected chi connectivity index (χ0v) is 15.6. The third kappa shape index (κ3) is 3.55. The first-order valence-corrected chi connectivity index (χ1v) is 10.6. The van der Waals surface area contributed by atoms with E-state index < -0.39 is 0 Å². The van der Waals surface area contributed by atoms with E-state index in [1.54, 1.807) is 0 Å². The second kappa shape index (κ2) is 7.43. The number of fused-ring (bicyclic) bond motifs is 2. The van der Waals surface area contributed by atoms with Gasteiger partial charge in [-0.15, -0.1) is 0 Å². The molecule has 1 aliphatic heterocycles. The van der Waals surface area contributed by atoms with E-state index in [9.17, 15) is 9.90 Å². The van der Waals surface area contributed by atoms with E-state index in [1.807, 2.05) is 0 Å². The quantitative estimate of drug-likeness (QED) is 0.714. The molecule has 3 saturated carbocycles. The minimum atomic E-state index is -0.0238. The average Bonchev–Trinajstić information content (AvgIpc) is 3.14. The number of rotatable bonds is 5. The smallest absolute Gasteiger partial charge is 0.315 e. The SMILES string of the molecule is CC(NC(=O)NC1C2CCC(C2)C1CO)C1CCCN(C2CCC2)C1. The zero-order chi connectivity index (χ0) is 17.4. The first kappa shape index (κ1) is 17.6. The molecule has 5 heteroatoms. The van der Waals surface area contributed by atoms with Crippen molar-refractivity contribution in [2.24, 2.45) is 23.7 Å². The molecule has 0 spiro atoms. The Morgan fingerprint density at radius 3 is 2.68 bits per heavy atom. The molecule has 142 valence electrons. The van der Waals surface area contributed by atoms with Gasteiger partial charge in [0.2, 0.25) is 0 Å². The van der Waals surface area contributed by atoms with Crippen LogP contribution in [0.15, 0.2) is 0 Å². The van der Waals surface area contributed by atoms with Crippen molar-refractivity contribution < 1.29 is 9.90 Å². The number of urea groups is 1. The largest absolute Gasteiger partial charge is 0.396 e. The Morgan fingerprint density at radius 2 is 1.96 bits per heavy atom. The number of amides is 2. The Morgan fingerprint density at radius 1 is 1.16 bits per heavy atom. The number of carbonyl (C=O) groups is 1. The highest BCUT2D eigenvalue weighted by Gasteiger charge is 2.47. The van der Waals surface area contributed by atoms with Crippen LogP contribution in [0.1, 0.15) is 58.3 Å². The number of carbonyl (C=O) groups excluding carboxylic acids is 1. The van der Waals surface area contributed by atoms with E-state index in [0.717, 1.165) is 12.6 Å². The Bertz CT molecular complexity index is 482. The van der Waals surface area contributed by atoms with Crippen molar-refractivity contribution >= 4 is 6.03 Å². The Labute approximate surface area is 151 Å². The summed E-state index contributed by atoms with van der Waals surface area (Å²) in [6.45, 7) is 4.75. The maximum Gasteiger partial charge on any atom is 0.315 e. The van der Waals surface area contributed by atoms with Gasteiger partial charge in [0.05, 0.1) is 0 Å². The van der Waals surface area contributed by atoms with Gasteiger partial charge in [0, 0.05) is 37.2 Å². The molecule has 3 aliphatic carbocycles. The topological polar surface area (TPSA) is 64.6 Å². The van der Waals surface area contributed by atoms with Crippen molar-refractivity contribution in [2.45, 2.75) is 76.4 Å². The van der Waals surface area contributed by atoms with Gasteiger partial charge in [0.25, 0.3) is 0 Å². The van der Waals surface area contributed by atoms with Gasteiger partial charge in [-0.2, -0.15) is 0 Å². The molecular weight excluding hydrogens is 314 g/mol. The monoisotopic (exact) mass is 349 g/mol. The Kier molecular flexibility index (Phi) is 5.23. The Hall–Kier alpha value is -0.810. The molecule has 2 amide bonds. The van der Waals surface area contributed by atoms with Crippen LogP contribution in [-0.4, -0.2) is 53.9 Å². The highest BCUT2D eigenvalue weighted by Crippen LogP contribution is 2.48. The first-order valence-electron chi connectivity index (χ1n) is 10.6. The molecule has 3 N–H and O–H groups in total. The van der Waals surface area contributed by atoms with Crippen LogP contribution >= 0.6 is 0 Å². The van der Waals surface area contributed by atoms with E-state index in [-0.39, 0.29) is 30.6 Å². The van der Waals surface area contributed by atoms with Crippen molar-refractivity contribution in [3.05, 3.63) is 0 Å². The normalized spacial score (nSPS) is 39.8. The van der Waals surface area contributed by atoms with Gasteiger partial charge in [-0.3, -0.25) is 0 Å². The van der Waals surface area contributed by atoms with E-state index >= 15 is 0 Å². The molecule has 0 aromatic carbocycles. The fourth-order valence-corrected chi connectivity index (χ4v) is 5.95. The molecule has 6 atom stereocenters. The number of piperidine rings is 1. The lowest BCUT2D eigenvalue weighted by molar-refractivity contribution is 0.0675. The minimum absolute atomic E-state index is 0.0238. The number of nitrogens with one attached hydrogen (secondary N) is 2. The highest BCUT2D eigenvalue weighted by molar-refractivity contribution is 5.74. The molecule has 1 heterocycles. The third-order valence-electron chi connectivity index (χ3n) is 7.74. The van der Waals surface area contributed by atoms with Crippen LogP contribution in [0.2, 0.25) is 0 Å². The highest BCUT2D eigenvalue weighted by atomic mass is 16.3. The summed E-state index contributed by atoms with van der Waals surface area (Å²) in [5.41, 5.74) is 0. The predicted molar refractivity (Wildman–Crippen MR) is 98.3 cm³/mol. The van der Waals surface area contributed by atoms with Crippen LogP contribution in [0, 0.1) is 23.7 Å². The van der Waals surface area contributed by atoms with Crippen molar-refractivity contribution in [1.82, 2.24) is 15.5 Å². The number of likely N-dealkylation sites (tertiary alicyclic amines) is 1. The van der Waals surface area contributed by atoms with Crippen molar-refractivity contribution in [1.29, 1.82) is 0 Å². The summed E-state index contributed by atoms with van der Waals surface area (Å²) in [6, 6.07) is 1.18. The second-order valence-corrected chi connectivity index (χ2v) is 9.09. The number of nitrogens with zero attached hydrogens (tertiary/aromatic N) is 1. The Balaban J connectivity index is 1.27. The fourth-order valence-electron chi connectivity index (χ4n) is 5.95. The lowest BCUT2D eigenvalue weighted by Crippen LogP contribution is -2.54. The molecule has 0 aromatic heterocycles. The molecule has 6 unspecified atom stereocenters. The summed E-state index contributed by atoms with van der Waals surface area (Å²) in [7, 11) is 0. The standard InChI is InChI=1S/C20H35N3O2/c1-13(16-4-3-9-23(11-16)17-5-2-6-17)21-20(25)22-19-15-8-7-14(10-15)18(19)12-24/h13-19,24H,2-12H2,1H3,(H2,21,22,25). The zero-order valence-electron chi connectivity index (χ0n) is 15.6. The molecule has 4 aliphatic rings. The number of hydrogen-bond acceptors (Lipinski definition) is 3. The van der Waals surface area contributed by atoms with Crippen LogP contribution in [0.4, 0.5) is 4.79 Å². The van der Waals surface area contributed by atoms with Crippen LogP contribution in [0.5, 0.6) is 0 Å². The summed E-state index contributed by atoms with van der Waals surface area (Å²) in [4.78, 5) is 15.2. The third-order valence-corrected chi connectivity index (χ3v) is 7.74. The first-order chi connectivity index (χ1) is 12.2. The molecule has 4 fully saturated rings. The maximum atomic E-state index is 12.6. The number of hydrogen-bond donors (Lipinski definition) is 3. The number of aliphatic hydroxyl groups is 1. The summed E-state index contributed by atoms with van der Waals surface area (Å²) < 4.78 is 0. The van der Waals surface area contributed by atoms with Crippen LogP contribution in [0.25, 0.3) is 0 Å². The van der Waals surface area contributed by atoms with E-state index in [0.29, 0.717) is 17.8 Å². The van der Waals surface area contributed by atoms with Crippen molar-refractivity contribution in [2.75, 3.05) is 19.7 Å². The van der Waals surface area contributed by atoms with E-state index in [2.05, 4.69) is 22.5 Å². The lowest BCUT2D eigenvalue weighted by atomic mass is 9.85. The van der Waals surface area contributed by atoms with Crippen LogP contribution in [-0.2, 0) is 0 Å². The van der Waals surface area contributed by atoms with E-state index in [4.69, 9.17) is 0 Å². The lowest BCUT2D eigenvalue weighted by Gasteiger charge is -2.44. The fraction of sp³-hybridized carbons (Fsp3) is 0.950. The summed E-state index contributed by atoms with van der Waals surface area (Å²) in [6.07, 6.45) is 10.2. The van der Waals surface area contributed by atoms with Crippen LogP contribution < -0.4 is 10.6 Å². The predicted octanol–water partition coefficient (Wildman–Crippen LogP) is 2.35. The van der Waals surface area contributed by atoms with Gasteiger partial charge < -0.3 is 20.6 Å². The summed E-state index contributed by atoms with van der Waals surface area (Å²) in [5, 5.41) is 16.1. The molecular formula is C20H35N3O2. The van der Waals surface area contributed by atoms with Gasteiger partial charge in [0.15, 0.2) is 0 Å². The molecule has 25 heavy (non-hydrogen) atoms.